The largest absolute Gasteiger partial charge is 0.326 e. The summed E-state index contributed by atoms with van der Waals surface area (Å²) < 4.78 is 26.6. The van der Waals surface area contributed by atoms with Crippen LogP contribution in [0, 0.1) is 0 Å². The van der Waals surface area contributed by atoms with Crippen molar-refractivity contribution in [2.75, 3.05) is 23.3 Å². The standard InChI is InChI=1S/C19H21N3O4S/c23-18(11-12-20-27(25,26)17-8-2-1-3-9-17)21-15-6-4-7-16(14-15)22-13-5-10-19(22)24/h1-4,6-9,14,20H,5,10-13H2,(H,21,23). The zero-order chi connectivity index (χ0) is 19.3. The van der Waals surface area contributed by atoms with Gasteiger partial charge in [-0.25, -0.2) is 13.1 Å². The summed E-state index contributed by atoms with van der Waals surface area (Å²) in [6.07, 6.45) is 1.37. The molecule has 27 heavy (non-hydrogen) atoms. The number of anilines is 2. The molecule has 1 fully saturated rings. The number of rotatable bonds is 7. The Hall–Kier alpha value is -2.71. The van der Waals surface area contributed by atoms with Crippen LogP contribution >= 0.6 is 0 Å². The quantitative estimate of drug-likeness (QED) is 0.761. The molecule has 8 heteroatoms. The van der Waals surface area contributed by atoms with E-state index in [4.69, 9.17) is 0 Å². The van der Waals surface area contributed by atoms with Crippen molar-refractivity contribution in [1.29, 1.82) is 0 Å². The van der Waals surface area contributed by atoms with Crippen LogP contribution in [0.5, 0.6) is 0 Å². The summed E-state index contributed by atoms with van der Waals surface area (Å²) in [6, 6.07) is 15.1. The highest BCUT2D eigenvalue weighted by molar-refractivity contribution is 7.89. The lowest BCUT2D eigenvalue weighted by Crippen LogP contribution is -2.28. The second kappa shape index (κ2) is 8.32. The van der Waals surface area contributed by atoms with Gasteiger partial charge in [0.1, 0.15) is 0 Å². The summed E-state index contributed by atoms with van der Waals surface area (Å²) in [5, 5.41) is 2.73. The highest BCUT2D eigenvalue weighted by Gasteiger charge is 2.21. The van der Waals surface area contributed by atoms with E-state index in [-0.39, 0.29) is 29.7 Å². The van der Waals surface area contributed by atoms with E-state index < -0.39 is 10.0 Å². The summed E-state index contributed by atoms with van der Waals surface area (Å²) in [4.78, 5) is 25.8. The molecule has 0 aromatic heterocycles. The van der Waals surface area contributed by atoms with Gasteiger partial charge in [0.05, 0.1) is 4.90 Å². The molecule has 1 aliphatic rings. The molecule has 3 rings (SSSR count). The Morgan fingerprint density at radius 2 is 1.85 bits per heavy atom. The van der Waals surface area contributed by atoms with E-state index in [1.54, 1.807) is 41.3 Å². The summed E-state index contributed by atoms with van der Waals surface area (Å²) in [5.74, 6) is -0.232. The van der Waals surface area contributed by atoms with Crippen molar-refractivity contribution in [2.24, 2.45) is 0 Å². The van der Waals surface area contributed by atoms with Crippen LogP contribution in [-0.4, -0.2) is 33.3 Å². The number of amides is 2. The van der Waals surface area contributed by atoms with Crippen LogP contribution < -0.4 is 14.9 Å². The van der Waals surface area contributed by atoms with Gasteiger partial charge in [0.2, 0.25) is 21.8 Å². The second-order valence-corrected chi connectivity index (χ2v) is 7.98. The molecule has 1 heterocycles. The molecule has 0 bridgehead atoms. The van der Waals surface area contributed by atoms with Crippen LogP contribution in [0.2, 0.25) is 0 Å². The van der Waals surface area contributed by atoms with Gasteiger partial charge in [-0.1, -0.05) is 24.3 Å². The third kappa shape index (κ3) is 4.93. The van der Waals surface area contributed by atoms with Gasteiger partial charge < -0.3 is 10.2 Å². The fraction of sp³-hybridized carbons (Fsp3) is 0.263. The summed E-state index contributed by atoms with van der Waals surface area (Å²) in [5.41, 5.74) is 1.32. The fourth-order valence-electron chi connectivity index (χ4n) is 2.88. The van der Waals surface area contributed by atoms with Crippen molar-refractivity contribution in [2.45, 2.75) is 24.2 Å². The number of hydrogen-bond acceptors (Lipinski definition) is 4. The van der Waals surface area contributed by atoms with Crippen molar-refractivity contribution in [3.05, 3.63) is 54.6 Å². The molecule has 142 valence electrons. The highest BCUT2D eigenvalue weighted by atomic mass is 32.2. The van der Waals surface area contributed by atoms with Gasteiger partial charge in [-0.05, 0) is 36.8 Å². The van der Waals surface area contributed by atoms with Crippen molar-refractivity contribution >= 4 is 33.2 Å². The van der Waals surface area contributed by atoms with Gasteiger partial charge in [0.15, 0.2) is 0 Å². The first-order valence-electron chi connectivity index (χ1n) is 8.71. The number of benzene rings is 2. The third-order valence-electron chi connectivity index (χ3n) is 4.21. The summed E-state index contributed by atoms with van der Waals surface area (Å²) in [6.45, 7) is 0.671. The van der Waals surface area contributed by atoms with E-state index in [2.05, 4.69) is 10.0 Å². The van der Waals surface area contributed by atoms with E-state index in [1.807, 2.05) is 6.07 Å². The lowest BCUT2D eigenvalue weighted by atomic mass is 10.2. The minimum Gasteiger partial charge on any atom is -0.326 e. The SMILES string of the molecule is O=C(CCNS(=O)(=O)c1ccccc1)Nc1cccc(N2CCCC2=O)c1. The van der Waals surface area contributed by atoms with Crippen molar-refractivity contribution in [1.82, 2.24) is 4.72 Å². The molecule has 2 N–H and O–H groups in total. The van der Waals surface area contributed by atoms with E-state index >= 15 is 0 Å². The van der Waals surface area contributed by atoms with Gasteiger partial charge in [-0.15, -0.1) is 0 Å². The average Bonchev–Trinajstić information content (AvgIpc) is 3.08. The monoisotopic (exact) mass is 387 g/mol. The number of carbonyl (C=O) groups excluding carboxylic acids is 2. The predicted molar refractivity (Wildman–Crippen MR) is 103 cm³/mol. The molecule has 2 aromatic rings. The molecule has 1 aliphatic heterocycles. The molecule has 0 aliphatic carbocycles. The van der Waals surface area contributed by atoms with Crippen LogP contribution in [0.4, 0.5) is 11.4 Å². The molecule has 2 amide bonds. The van der Waals surface area contributed by atoms with Crippen LogP contribution in [0.1, 0.15) is 19.3 Å². The number of nitrogens with zero attached hydrogens (tertiary/aromatic N) is 1. The third-order valence-corrected chi connectivity index (χ3v) is 5.69. The van der Waals surface area contributed by atoms with Gasteiger partial charge >= 0.3 is 0 Å². The smallest absolute Gasteiger partial charge is 0.240 e. The molecule has 0 atom stereocenters. The Labute approximate surface area is 158 Å². The Bertz CT molecular complexity index is 929. The van der Waals surface area contributed by atoms with Crippen LogP contribution in [-0.2, 0) is 19.6 Å². The minimum atomic E-state index is -3.63. The van der Waals surface area contributed by atoms with Gasteiger partial charge in [-0.3, -0.25) is 9.59 Å². The normalized spacial score (nSPS) is 14.4. The molecule has 7 nitrogen and oxygen atoms in total. The Morgan fingerprint density at radius 3 is 2.56 bits per heavy atom. The van der Waals surface area contributed by atoms with Gasteiger partial charge in [-0.2, -0.15) is 0 Å². The first-order chi connectivity index (χ1) is 13.0. The summed E-state index contributed by atoms with van der Waals surface area (Å²) >= 11 is 0. The zero-order valence-electron chi connectivity index (χ0n) is 14.7. The predicted octanol–water partition coefficient (Wildman–Crippen LogP) is 2.12. The number of nitrogens with one attached hydrogen (secondary N) is 2. The molecular weight excluding hydrogens is 366 g/mol. The molecule has 0 radical (unpaired) electrons. The lowest BCUT2D eigenvalue weighted by Gasteiger charge is -2.16. The van der Waals surface area contributed by atoms with E-state index in [1.165, 1.54) is 12.1 Å². The zero-order valence-corrected chi connectivity index (χ0v) is 15.5. The minimum absolute atomic E-state index is 0.00106. The first-order valence-corrected chi connectivity index (χ1v) is 10.2. The molecule has 0 spiro atoms. The molecular formula is C19H21N3O4S. The number of carbonyl (C=O) groups is 2. The van der Waals surface area contributed by atoms with E-state index in [9.17, 15) is 18.0 Å². The van der Waals surface area contributed by atoms with Crippen LogP contribution in [0.15, 0.2) is 59.5 Å². The van der Waals surface area contributed by atoms with Crippen molar-refractivity contribution < 1.29 is 18.0 Å². The topological polar surface area (TPSA) is 95.6 Å². The first kappa shape index (κ1) is 19.1. The van der Waals surface area contributed by atoms with Crippen LogP contribution in [0.25, 0.3) is 0 Å². The fourth-order valence-corrected chi connectivity index (χ4v) is 3.93. The average molecular weight is 387 g/mol. The highest BCUT2D eigenvalue weighted by Crippen LogP contribution is 2.24. The Balaban J connectivity index is 1.53. The maximum Gasteiger partial charge on any atom is 0.240 e. The van der Waals surface area contributed by atoms with E-state index in [0.29, 0.717) is 18.7 Å². The van der Waals surface area contributed by atoms with Gasteiger partial charge in [0, 0.05) is 37.3 Å². The second-order valence-electron chi connectivity index (χ2n) is 6.21. The Kier molecular flexibility index (Phi) is 5.88. The number of sulfonamides is 1. The maximum atomic E-state index is 12.1. The van der Waals surface area contributed by atoms with Gasteiger partial charge in [0.25, 0.3) is 0 Å². The van der Waals surface area contributed by atoms with Crippen LogP contribution in [0.3, 0.4) is 0 Å². The Morgan fingerprint density at radius 1 is 1.07 bits per heavy atom. The molecule has 0 unspecified atom stereocenters. The van der Waals surface area contributed by atoms with E-state index in [0.717, 1.165) is 12.1 Å². The number of hydrogen-bond donors (Lipinski definition) is 2. The molecule has 0 saturated carbocycles. The lowest BCUT2D eigenvalue weighted by molar-refractivity contribution is -0.117. The van der Waals surface area contributed by atoms with Crippen molar-refractivity contribution in [3.8, 4) is 0 Å². The van der Waals surface area contributed by atoms with Crippen molar-refractivity contribution in [3.63, 3.8) is 0 Å². The molecule has 1 saturated heterocycles. The maximum absolute atomic E-state index is 12.1. The summed E-state index contributed by atoms with van der Waals surface area (Å²) in [7, 11) is -3.63. The molecule has 2 aromatic carbocycles.